The number of hydrogen-bond acceptors (Lipinski definition) is 2. The molecule has 14 heavy (non-hydrogen) atoms. The number of nitrogens with zero attached hydrogens (tertiary/aromatic N) is 1. The first-order chi connectivity index (χ1) is 6.68. The topological polar surface area (TPSA) is 43.3 Å². The molecule has 0 amide bonds. The molecule has 84 valence electrons. The maximum absolute atomic E-state index is 11.9. The minimum atomic E-state index is -0.150. The van der Waals surface area contributed by atoms with Gasteiger partial charge in [-0.1, -0.05) is 13.0 Å². The lowest BCUT2D eigenvalue weighted by Gasteiger charge is -2.41. The summed E-state index contributed by atoms with van der Waals surface area (Å²) < 4.78 is -0.150. The smallest absolute Gasteiger partial charge is 0.0968 e. The van der Waals surface area contributed by atoms with Crippen LogP contribution in [0.25, 0.3) is 0 Å². The Balaban J connectivity index is 3.56. The molecule has 0 aromatic rings. The van der Waals surface area contributed by atoms with Crippen molar-refractivity contribution in [3.63, 3.8) is 0 Å². The number of aliphatic hydroxyl groups excluding tert-OH is 1. The highest BCUT2D eigenvalue weighted by Crippen LogP contribution is 2.08. The second-order valence-electron chi connectivity index (χ2n) is 3.71. The molecule has 0 saturated carbocycles. The summed E-state index contributed by atoms with van der Waals surface area (Å²) in [6.07, 6.45) is 5.57. The Hall–Kier alpha value is -0.380. The molecule has 3 nitrogen and oxygen atoms in total. The van der Waals surface area contributed by atoms with Gasteiger partial charge in [0.05, 0.1) is 19.6 Å². The van der Waals surface area contributed by atoms with Crippen molar-refractivity contribution < 1.29 is 9.75 Å². The highest BCUT2D eigenvalue weighted by molar-refractivity contribution is 4.66. The maximum atomic E-state index is 11.9. The van der Waals surface area contributed by atoms with Gasteiger partial charge in [0, 0.05) is 6.61 Å². The fourth-order valence-corrected chi connectivity index (χ4v) is 1.48. The molecular weight excluding hydrogens is 178 g/mol. The molecule has 0 heterocycles. The van der Waals surface area contributed by atoms with Crippen molar-refractivity contribution in [1.29, 1.82) is 0 Å². The molecular formula is C11H23NO2. The highest BCUT2D eigenvalue weighted by Gasteiger charge is 2.10. The van der Waals surface area contributed by atoms with Crippen LogP contribution in [0.15, 0.2) is 12.7 Å². The van der Waals surface area contributed by atoms with Gasteiger partial charge >= 0.3 is 0 Å². The number of unbranched alkanes of at least 4 members (excludes halogenated alkanes) is 3. The van der Waals surface area contributed by atoms with Gasteiger partial charge in [-0.15, -0.1) is 0 Å². The molecule has 1 N–H and O–H groups in total. The van der Waals surface area contributed by atoms with Gasteiger partial charge in [-0.05, 0) is 32.3 Å². The molecule has 0 aliphatic carbocycles. The summed E-state index contributed by atoms with van der Waals surface area (Å²) in [6.45, 7) is 7.59. The van der Waals surface area contributed by atoms with Gasteiger partial charge in [0.15, 0.2) is 0 Å². The summed E-state index contributed by atoms with van der Waals surface area (Å²) in [6, 6.07) is 0. The van der Waals surface area contributed by atoms with E-state index in [1.54, 1.807) is 6.08 Å². The lowest BCUT2D eigenvalue weighted by Crippen LogP contribution is -2.42. The monoisotopic (exact) mass is 201 g/mol. The van der Waals surface area contributed by atoms with Crippen molar-refractivity contribution in [1.82, 2.24) is 0 Å². The number of hydroxylamine groups is 3. The van der Waals surface area contributed by atoms with E-state index in [1.807, 2.05) is 6.92 Å². The molecule has 0 saturated heterocycles. The average Bonchev–Trinajstić information content (AvgIpc) is 2.18. The second kappa shape index (κ2) is 7.97. The quantitative estimate of drug-likeness (QED) is 0.268. The first kappa shape index (κ1) is 13.6. The average molecular weight is 201 g/mol. The van der Waals surface area contributed by atoms with Crippen LogP contribution in [0.3, 0.4) is 0 Å². The van der Waals surface area contributed by atoms with Gasteiger partial charge in [0.1, 0.15) is 0 Å². The largest absolute Gasteiger partial charge is 0.633 e. The van der Waals surface area contributed by atoms with Crippen LogP contribution in [0.5, 0.6) is 0 Å². The Bertz CT molecular complexity index is 150. The zero-order valence-electron chi connectivity index (χ0n) is 9.24. The fraction of sp³-hybridized carbons (Fsp3) is 0.818. The normalized spacial score (nSPS) is 15.1. The van der Waals surface area contributed by atoms with Gasteiger partial charge in [-0.2, -0.15) is 0 Å². The number of aliphatic hydroxyl groups is 1. The van der Waals surface area contributed by atoms with Gasteiger partial charge in [-0.25, -0.2) is 0 Å². The van der Waals surface area contributed by atoms with Gasteiger partial charge in [0.2, 0.25) is 0 Å². The van der Waals surface area contributed by atoms with Crippen molar-refractivity contribution in [3.8, 4) is 0 Å². The van der Waals surface area contributed by atoms with Crippen molar-refractivity contribution in [2.24, 2.45) is 0 Å². The zero-order valence-corrected chi connectivity index (χ0v) is 9.24. The third-order valence-electron chi connectivity index (χ3n) is 2.51. The first-order valence-electron chi connectivity index (χ1n) is 5.47. The predicted molar refractivity (Wildman–Crippen MR) is 59.7 cm³/mol. The predicted octanol–water partition coefficient (Wildman–Crippen LogP) is 2.06. The summed E-state index contributed by atoms with van der Waals surface area (Å²) in [5.74, 6) is 0. The first-order valence-corrected chi connectivity index (χ1v) is 5.47. The fourth-order valence-electron chi connectivity index (χ4n) is 1.48. The molecule has 0 aliphatic rings. The highest BCUT2D eigenvalue weighted by atomic mass is 16.5. The van der Waals surface area contributed by atoms with Crippen LogP contribution in [0, 0.1) is 5.21 Å². The lowest BCUT2D eigenvalue weighted by molar-refractivity contribution is -0.873. The SMILES string of the molecule is C=CC[N+]([O-])(CC)CCCCCCO. The Morgan fingerprint density at radius 2 is 1.93 bits per heavy atom. The van der Waals surface area contributed by atoms with Crippen molar-refractivity contribution in [2.45, 2.75) is 32.6 Å². The van der Waals surface area contributed by atoms with Crippen molar-refractivity contribution >= 4 is 0 Å². The van der Waals surface area contributed by atoms with Gasteiger partial charge in [-0.3, -0.25) is 0 Å². The van der Waals surface area contributed by atoms with E-state index in [9.17, 15) is 5.21 Å². The molecule has 3 heteroatoms. The maximum Gasteiger partial charge on any atom is 0.0968 e. The number of quaternary nitrogens is 1. The standard InChI is InChI=1S/C11H23NO2/c1-3-9-12(14,4-2)10-7-5-6-8-11-13/h3,13H,1,4-11H2,2H3. The van der Waals surface area contributed by atoms with E-state index in [4.69, 9.17) is 5.11 Å². The van der Waals surface area contributed by atoms with Crippen LogP contribution in [-0.2, 0) is 0 Å². The Kier molecular flexibility index (Phi) is 7.76. The minimum Gasteiger partial charge on any atom is -0.633 e. The molecule has 0 radical (unpaired) electrons. The summed E-state index contributed by atoms with van der Waals surface area (Å²) in [5, 5.41) is 20.5. The summed E-state index contributed by atoms with van der Waals surface area (Å²) >= 11 is 0. The molecule has 1 atom stereocenters. The minimum absolute atomic E-state index is 0.150. The third kappa shape index (κ3) is 6.13. The summed E-state index contributed by atoms with van der Waals surface area (Å²) in [5.41, 5.74) is 0. The lowest BCUT2D eigenvalue weighted by atomic mass is 10.2. The molecule has 0 aromatic heterocycles. The van der Waals surface area contributed by atoms with E-state index in [-0.39, 0.29) is 11.3 Å². The van der Waals surface area contributed by atoms with Crippen LogP contribution in [-0.4, -0.2) is 36.0 Å². The molecule has 0 rings (SSSR count). The molecule has 0 aromatic carbocycles. The molecule has 0 bridgehead atoms. The van der Waals surface area contributed by atoms with E-state index in [2.05, 4.69) is 6.58 Å². The van der Waals surface area contributed by atoms with E-state index in [0.29, 0.717) is 19.6 Å². The molecule has 0 aliphatic heterocycles. The summed E-state index contributed by atoms with van der Waals surface area (Å²) in [4.78, 5) is 0. The summed E-state index contributed by atoms with van der Waals surface area (Å²) in [7, 11) is 0. The molecule has 0 fully saturated rings. The van der Waals surface area contributed by atoms with E-state index in [1.165, 1.54) is 0 Å². The van der Waals surface area contributed by atoms with E-state index in [0.717, 1.165) is 25.7 Å². The van der Waals surface area contributed by atoms with Crippen LogP contribution >= 0.6 is 0 Å². The number of likely N-dealkylation sites (N-methyl/N-ethyl adjacent to an activating group) is 1. The Morgan fingerprint density at radius 3 is 2.43 bits per heavy atom. The van der Waals surface area contributed by atoms with Crippen molar-refractivity contribution in [2.75, 3.05) is 26.2 Å². The van der Waals surface area contributed by atoms with E-state index < -0.39 is 0 Å². The Labute approximate surface area is 87.2 Å². The third-order valence-corrected chi connectivity index (χ3v) is 2.51. The Morgan fingerprint density at radius 1 is 1.29 bits per heavy atom. The van der Waals surface area contributed by atoms with Crippen LogP contribution in [0.1, 0.15) is 32.6 Å². The number of rotatable bonds is 9. The molecule has 1 unspecified atom stereocenters. The molecule has 0 spiro atoms. The van der Waals surface area contributed by atoms with Gasteiger partial charge in [0.25, 0.3) is 0 Å². The second-order valence-corrected chi connectivity index (χ2v) is 3.71. The number of hydrogen-bond donors (Lipinski definition) is 1. The van der Waals surface area contributed by atoms with Crippen LogP contribution < -0.4 is 0 Å². The zero-order chi connectivity index (χ0) is 10.9. The van der Waals surface area contributed by atoms with E-state index >= 15 is 0 Å². The van der Waals surface area contributed by atoms with Crippen molar-refractivity contribution in [3.05, 3.63) is 17.9 Å². The van der Waals surface area contributed by atoms with Crippen LogP contribution in [0.4, 0.5) is 0 Å². The van der Waals surface area contributed by atoms with Gasteiger partial charge < -0.3 is 15.0 Å². The van der Waals surface area contributed by atoms with Crippen LogP contribution in [0.2, 0.25) is 0 Å².